The van der Waals surface area contributed by atoms with E-state index in [1.807, 2.05) is 19.1 Å². The van der Waals surface area contributed by atoms with E-state index >= 15 is 0 Å². The van der Waals surface area contributed by atoms with E-state index in [4.69, 9.17) is 0 Å². The number of carbonyl (C=O) groups excluding carboxylic acids is 2. The molecule has 1 saturated heterocycles. The summed E-state index contributed by atoms with van der Waals surface area (Å²) < 4.78 is 1.47. The molecule has 2 N–H and O–H groups in total. The van der Waals surface area contributed by atoms with E-state index in [1.165, 1.54) is 15.5 Å². The fourth-order valence-corrected chi connectivity index (χ4v) is 3.56. The van der Waals surface area contributed by atoms with Crippen molar-refractivity contribution < 1.29 is 14.7 Å². The highest BCUT2D eigenvalue weighted by Crippen LogP contribution is 2.23. The molecule has 0 aliphatic carbocycles. The molecule has 1 aromatic carbocycles. The normalized spacial score (nSPS) is 14.7. The van der Waals surface area contributed by atoms with Crippen LogP contribution in [0.1, 0.15) is 25.3 Å². The molecule has 148 valence electrons. The molecule has 1 aromatic heterocycles. The maximum absolute atomic E-state index is 12.4. The van der Waals surface area contributed by atoms with Crippen LogP contribution in [-0.4, -0.2) is 39.5 Å². The predicted octanol–water partition coefficient (Wildman–Crippen LogP) is 1.99. The number of rotatable bonds is 4. The first-order valence-corrected chi connectivity index (χ1v) is 9.55. The lowest BCUT2D eigenvalue weighted by molar-refractivity contribution is -0.144. The van der Waals surface area contributed by atoms with Crippen molar-refractivity contribution in [1.82, 2.24) is 9.47 Å². The minimum Gasteiger partial charge on any atom is -0.508 e. The Hall–Kier alpha value is -3.09. The number of aromatic nitrogens is 1. The van der Waals surface area contributed by atoms with E-state index in [-0.39, 0.29) is 17.0 Å². The molecule has 0 bridgehead atoms. The standard InChI is InChI=1S/C21H25N3O4/c1-2-23-10-4-7-18(20(23)27)22-19(26)21(28)24-11-8-15(9-12-24)13-16-5-3-6-17(25)14-16/h3-7,10,14-15,25H,2,8-9,11-13H2,1H3,(H,22,26). The number of likely N-dealkylation sites (tertiary alicyclic amines) is 1. The largest absolute Gasteiger partial charge is 0.508 e. The van der Waals surface area contributed by atoms with Crippen molar-refractivity contribution in [3.8, 4) is 5.75 Å². The van der Waals surface area contributed by atoms with Crippen LogP contribution < -0.4 is 10.9 Å². The van der Waals surface area contributed by atoms with E-state index in [2.05, 4.69) is 5.32 Å². The van der Waals surface area contributed by atoms with Crippen molar-refractivity contribution in [3.63, 3.8) is 0 Å². The zero-order valence-electron chi connectivity index (χ0n) is 15.9. The monoisotopic (exact) mass is 383 g/mol. The van der Waals surface area contributed by atoms with Gasteiger partial charge >= 0.3 is 11.8 Å². The molecule has 2 aromatic rings. The van der Waals surface area contributed by atoms with Gasteiger partial charge in [0.05, 0.1) is 0 Å². The Morgan fingerprint density at radius 2 is 1.93 bits per heavy atom. The fraction of sp³-hybridized carbons (Fsp3) is 0.381. The molecule has 0 saturated carbocycles. The molecule has 0 radical (unpaired) electrons. The van der Waals surface area contributed by atoms with Crippen LogP contribution in [0.15, 0.2) is 47.4 Å². The zero-order valence-corrected chi connectivity index (χ0v) is 15.9. The van der Waals surface area contributed by atoms with Crippen LogP contribution in [-0.2, 0) is 22.6 Å². The Kier molecular flexibility index (Phi) is 6.13. The lowest BCUT2D eigenvalue weighted by Crippen LogP contribution is -2.45. The summed E-state index contributed by atoms with van der Waals surface area (Å²) in [6.45, 7) is 3.33. The molecule has 3 rings (SSSR count). The summed E-state index contributed by atoms with van der Waals surface area (Å²) in [7, 11) is 0. The minimum absolute atomic E-state index is 0.112. The average molecular weight is 383 g/mol. The summed E-state index contributed by atoms with van der Waals surface area (Å²) in [5.41, 5.74) is 0.858. The van der Waals surface area contributed by atoms with Crippen molar-refractivity contribution in [2.24, 2.45) is 5.92 Å². The first kappa shape index (κ1) is 19.7. The van der Waals surface area contributed by atoms with Crippen molar-refractivity contribution in [2.75, 3.05) is 18.4 Å². The molecule has 1 aliphatic heterocycles. The number of aromatic hydroxyl groups is 1. The summed E-state index contributed by atoms with van der Waals surface area (Å²) in [6, 6.07) is 10.4. The molecule has 2 heterocycles. The molecule has 2 amide bonds. The zero-order chi connectivity index (χ0) is 20.1. The van der Waals surface area contributed by atoms with Crippen LogP contribution in [0, 0.1) is 5.92 Å². The number of benzene rings is 1. The van der Waals surface area contributed by atoms with Crippen LogP contribution in [0.5, 0.6) is 5.75 Å². The van der Waals surface area contributed by atoms with Gasteiger partial charge in [-0.25, -0.2) is 0 Å². The Labute approximate surface area is 163 Å². The van der Waals surface area contributed by atoms with Crippen molar-refractivity contribution in [1.29, 1.82) is 0 Å². The summed E-state index contributed by atoms with van der Waals surface area (Å²) in [6.07, 6.45) is 4.06. The lowest BCUT2D eigenvalue weighted by Gasteiger charge is -2.31. The first-order chi connectivity index (χ1) is 13.5. The van der Waals surface area contributed by atoms with Gasteiger partial charge in [0.1, 0.15) is 11.4 Å². The number of phenolic OH excluding ortho intramolecular Hbond substituents is 1. The fourth-order valence-electron chi connectivity index (χ4n) is 3.56. The van der Waals surface area contributed by atoms with Gasteiger partial charge in [0.15, 0.2) is 0 Å². The Bertz CT molecular complexity index is 914. The number of nitrogens with one attached hydrogen (secondary N) is 1. The van der Waals surface area contributed by atoms with Gasteiger partial charge in [0, 0.05) is 25.8 Å². The first-order valence-electron chi connectivity index (χ1n) is 9.55. The number of anilines is 1. The summed E-state index contributed by atoms with van der Waals surface area (Å²) >= 11 is 0. The Balaban J connectivity index is 1.54. The van der Waals surface area contributed by atoms with E-state index < -0.39 is 11.8 Å². The van der Waals surface area contributed by atoms with Gasteiger partial charge in [-0.15, -0.1) is 0 Å². The molecular weight excluding hydrogens is 358 g/mol. The molecule has 28 heavy (non-hydrogen) atoms. The van der Waals surface area contributed by atoms with E-state index in [1.54, 1.807) is 24.4 Å². The molecule has 1 fully saturated rings. The van der Waals surface area contributed by atoms with Gasteiger partial charge in [-0.2, -0.15) is 0 Å². The maximum Gasteiger partial charge on any atom is 0.314 e. The maximum atomic E-state index is 12.4. The highest BCUT2D eigenvalue weighted by Gasteiger charge is 2.27. The number of carbonyl (C=O) groups is 2. The second kappa shape index (κ2) is 8.73. The van der Waals surface area contributed by atoms with Crippen LogP contribution in [0.3, 0.4) is 0 Å². The number of nitrogens with zero attached hydrogens (tertiary/aromatic N) is 2. The van der Waals surface area contributed by atoms with Gasteiger partial charge in [-0.1, -0.05) is 12.1 Å². The van der Waals surface area contributed by atoms with Crippen molar-refractivity contribution in [3.05, 3.63) is 58.5 Å². The number of amides is 2. The van der Waals surface area contributed by atoms with E-state index in [0.717, 1.165) is 24.8 Å². The number of phenols is 1. The highest BCUT2D eigenvalue weighted by molar-refractivity contribution is 6.39. The smallest absolute Gasteiger partial charge is 0.314 e. The topological polar surface area (TPSA) is 91.6 Å². The predicted molar refractivity (Wildman–Crippen MR) is 106 cm³/mol. The number of aryl methyl sites for hydroxylation is 1. The van der Waals surface area contributed by atoms with Gasteiger partial charge in [0.2, 0.25) is 0 Å². The Morgan fingerprint density at radius 1 is 1.18 bits per heavy atom. The SMILES string of the molecule is CCn1cccc(NC(=O)C(=O)N2CCC(Cc3cccc(O)c3)CC2)c1=O. The quantitative estimate of drug-likeness (QED) is 0.790. The third-order valence-corrected chi connectivity index (χ3v) is 5.14. The molecular formula is C21H25N3O4. The van der Waals surface area contributed by atoms with E-state index in [0.29, 0.717) is 25.6 Å². The summed E-state index contributed by atoms with van der Waals surface area (Å²) in [5, 5.41) is 12.0. The third kappa shape index (κ3) is 4.60. The second-order valence-corrected chi connectivity index (χ2v) is 7.08. The van der Waals surface area contributed by atoms with Gasteiger partial charge in [-0.05, 0) is 61.9 Å². The number of hydrogen-bond donors (Lipinski definition) is 2. The van der Waals surface area contributed by atoms with Crippen LogP contribution in [0.25, 0.3) is 0 Å². The molecule has 7 heteroatoms. The summed E-state index contributed by atoms with van der Waals surface area (Å²) in [5.74, 6) is -0.732. The van der Waals surface area contributed by atoms with Gasteiger partial charge < -0.3 is 19.9 Å². The molecule has 0 spiro atoms. The number of pyridine rings is 1. The third-order valence-electron chi connectivity index (χ3n) is 5.14. The summed E-state index contributed by atoms with van der Waals surface area (Å²) in [4.78, 5) is 38.5. The number of piperidine rings is 1. The van der Waals surface area contributed by atoms with Gasteiger partial charge in [-0.3, -0.25) is 14.4 Å². The van der Waals surface area contributed by atoms with E-state index in [9.17, 15) is 19.5 Å². The van der Waals surface area contributed by atoms with Crippen LogP contribution in [0.4, 0.5) is 5.69 Å². The van der Waals surface area contributed by atoms with Gasteiger partial charge in [0.25, 0.3) is 5.56 Å². The molecule has 1 aliphatic rings. The van der Waals surface area contributed by atoms with Crippen molar-refractivity contribution in [2.45, 2.75) is 32.7 Å². The Morgan fingerprint density at radius 3 is 2.61 bits per heavy atom. The minimum atomic E-state index is -0.780. The second-order valence-electron chi connectivity index (χ2n) is 7.08. The molecule has 0 unspecified atom stereocenters. The highest BCUT2D eigenvalue weighted by atomic mass is 16.3. The average Bonchev–Trinajstić information content (AvgIpc) is 2.69. The lowest BCUT2D eigenvalue weighted by atomic mass is 9.90. The molecule has 0 atom stereocenters. The molecule has 7 nitrogen and oxygen atoms in total. The number of hydrogen-bond acceptors (Lipinski definition) is 4. The van der Waals surface area contributed by atoms with Crippen molar-refractivity contribution >= 4 is 17.5 Å². The van der Waals surface area contributed by atoms with Crippen LogP contribution in [0.2, 0.25) is 0 Å². The van der Waals surface area contributed by atoms with Crippen LogP contribution >= 0.6 is 0 Å².